The first-order chi connectivity index (χ1) is 11.8. The number of ether oxygens (including phenoxy) is 1. The summed E-state index contributed by atoms with van der Waals surface area (Å²) in [6, 6.07) is 23.0. The van der Waals surface area contributed by atoms with Gasteiger partial charge >= 0.3 is 18.9 Å². The van der Waals surface area contributed by atoms with Crippen LogP contribution in [0.1, 0.15) is 0 Å². The van der Waals surface area contributed by atoms with Crippen LogP contribution in [0.15, 0.2) is 72.8 Å². The van der Waals surface area contributed by atoms with Gasteiger partial charge in [-0.1, -0.05) is 42.1 Å². The maximum Gasteiger partial charge on any atom is 1.00 e. The standard InChI is InChI=1S/C20H16N2O2.Li/c1-24-15-11-12-19(23)16(13-15)20-21-17-9-5-6-10-18(17)22(20)14-7-3-2-4-8-14;/h2-13,23H,1H3;/q;+1. The van der Waals surface area contributed by atoms with Gasteiger partial charge in [-0.25, -0.2) is 4.98 Å². The molecule has 0 unspecified atom stereocenters. The number of aromatic amines is 1. The van der Waals surface area contributed by atoms with Crippen molar-refractivity contribution in [3.8, 4) is 28.6 Å². The molecule has 0 aliphatic carbocycles. The van der Waals surface area contributed by atoms with Crippen molar-refractivity contribution in [2.45, 2.75) is 0 Å². The van der Waals surface area contributed by atoms with Crippen molar-refractivity contribution in [2.24, 2.45) is 0 Å². The van der Waals surface area contributed by atoms with Crippen LogP contribution in [0.5, 0.6) is 11.5 Å². The number of H-pyrrole nitrogens is 1. The smallest absolute Gasteiger partial charge is 0.872 e. The van der Waals surface area contributed by atoms with Crippen molar-refractivity contribution in [1.82, 2.24) is 4.57 Å². The second-order valence-electron chi connectivity index (χ2n) is 5.52. The fourth-order valence-corrected chi connectivity index (χ4v) is 2.93. The number of nitrogens with zero attached hydrogens (tertiary/aromatic N) is 1. The second kappa shape index (κ2) is 7.06. The van der Waals surface area contributed by atoms with Gasteiger partial charge in [-0.3, -0.25) is 0 Å². The van der Waals surface area contributed by atoms with Gasteiger partial charge in [-0.05, 0) is 36.4 Å². The van der Waals surface area contributed by atoms with Gasteiger partial charge < -0.3 is 9.84 Å². The monoisotopic (exact) mass is 323 g/mol. The minimum atomic E-state index is -0.0490. The number of para-hydroxylation sites is 3. The number of aromatic nitrogens is 2. The number of nitrogens with one attached hydrogen (secondary N) is 1. The summed E-state index contributed by atoms with van der Waals surface area (Å²) < 4.78 is 7.35. The van der Waals surface area contributed by atoms with Crippen molar-refractivity contribution in [3.63, 3.8) is 0 Å². The Bertz CT molecular complexity index is 1010. The number of imidazole rings is 1. The Hall–Kier alpha value is -2.67. The van der Waals surface area contributed by atoms with Crippen LogP contribution in [-0.2, 0) is 0 Å². The summed E-state index contributed by atoms with van der Waals surface area (Å²) >= 11 is 0. The Morgan fingerprint density at radius 2 is 1.64 bits per heavy atom. The van der Waals surface area contributed by atoms with Crippen molar-refractivity contribution in [1.29, 1.82) is 0 Å². The molecule has 0 spiro atoms. The first-order valence-corrected chi connectivity index (χ1v) is 7.71. The first-order valence-electron chi connectivity index (χ1n) is 7.71. The average molecular weight is 323 g/mol. The predicted octanol–water partition coefficient (Wildman–Crippen LogP) is 0.198. The molecule has 1 aromatic heterocycles. The molecule has 1 N–H and O–H groups in total. The minimum Gasteiger partial charge on any atom is -0.872 e. The molecule has 0 saturated carbocycles. The third kappa shape index (κ3) is 3.02. The number of fused-ring (bicyclic) bond motifs is 1. The van der Waals surface area contributed by atoms with E-state index in [4.69, 9.17) is 4.74 Å². The van der Waals surface area contributed by atoms with Gasteiger partial charge in [0.2, 0.25) is 0 Å². The maximum absolute atomic E-state index is 12.5. The Kier molecular flexibility index (Phi) is 4.85. The van der Waals surface area contributed by atoms with Crippen molar-refractivity contribution < 1.29 is 33.7 Å². The van der Waals surface area contributed by atoms with Crippen LogP contribution < -0.4 is 33.7 Å². The van der Waals surface area contributed by atoms with E-state index in [1.54, 1.807) is 19.2 Å². The fraction of sp³-hybridized carbons (Fsp3) is 0.0500. The molecule has 0 aliphatic rings. The van der Waals surface area contributed by atoms with E-state index in [0.29, 0.717) is 11.3 Å². The van der Waals surface area contributed by atoms with Gasteiger partial charge in [-0.2, -0.15) is 4.57 Å². The molecule has 4 rings (SSSR count). The van der Waals surface area contributed by atoms with Crippen molar-refractivity contribution in [3.05, 3.63) is 72.8 Å². The van der Waals surface area contributed by atoms with Crippen molar-refractivity contribution >= 4 is 11.0 Å². The van der Waals surface area contributed by atoms with Crippen LogP contribution in [0.4, 0.5) is 0 Å². The number of methoxy groups -OCH3 is 1. The molecule has 0 bridgehead atoms. The summed E-state index contributed by atoms with van der Waals surface area (Å²) in [7, 11) is 1.60. The zero-order valence-corrected chi connectivity index (χ0v) is 14.2. The summed E-state index contributed by atoms with van der Waals surface area (Å²) in [6.07, 6.45) is 0. The molecule has 0 radical (unpaired) electrons. The van der Waals surface area contributed by atoms with E-state index in [9.17, 15) is 5.11 Å². The quantitative estimate of drug-likeness (QED) is 0.506. The predicted molar refractivity (Wildman–Crippen MR) is 91.3 cm³/mol. The van der Waals surface area contributed by atoms with E-state index in [2.05, 4.69) is 9.55 Å². The molecule has 25 heavy (non-hydrogen) atoms. The molecule has 5 heteroatoms. The molecule has 0 fully saturated rings. The molecule has 4 nitrogen and oxygen atoms in total. The summed E-state index contributed by atoms with van der Waals surface area (Å²) in [5.41, 5.74) is 3.56. The summed E-state index contributed by atoms with van der Waals surface area (Å²) in [6.45, 7) is 0. The van der Waals surface area contributed by atoms with Crippen LogP contribution in [0.3, 0.4) is 0 Å². The maximum atomic E-state index is 12.5. The van der Waals surface area contributed by atoms with Crippen LogP contribution in [0, 0.1) is 0 Å². The SMILES string of the molecule is COc1ccc([O-])c(-c2[nH+]c3ccccc3n2-c2ccccc2)c1.[Li+]. The summed E-state index contributed by atoms with van der Waals surface area (Å²) in [5.74, 6) is 1.35. The van der Waals surface area contributed by atoms with E-state index >= 15 is 0 Å². The summed E-state index contributed by atoms with van der Waals surface area (Å²) in [4.78, 5) is 3.38. The van der Waals surface area contributed by atoms with Crippen LogP contribution >= 0.6 is 0 Å². The van der Waals surface area contributed by atoms with Crippen LogP contribution in [0.2, 0.25) is 0 Å². The van der Waals surface area contributed by atoms with E-state index < -0.39 is 0 Å². The van der Waals surface area contributed by atoms with E-state index in [-0.39, 0.29) is 24.6 Å². The Balaban J connectivity index is 0.00000182. The van der Waals surface area contributed by atoms with Gasteiger partial charge in [0.1, 0.15) is 11.4 Å². The van der Waals surface area contributed by atoms with Crippen LogP contribution in [-0.4, -0.2) is 11.7 Å². The van der Waals surface area contributed by atoms with Gasteiger partial charge in [0.25, 0.3) is 5.82 Å². The zero-order valence-electron chi connectivity index (χ0n) is 14.2. The largest absolute Gasteiger partial charge is 1.00 e. The van der Waals surface area contributed by atoms with Gasteiger partial charge in [-0.15, -0.1) is 0 Å². The molecule has 118 valence electrons. The molecule has 4 aromatic rings. The van der Waals surface area contributed by atoms with Crippen LogP contribution in [0.25, 0.3) is 28.1 Å². The molecular weight excluding hydrogens is 307 g/mol. The first kappa shape index (κ1) is 17.2. The second-order valence-corrected chi connectivity index (χ2v) is 5.52. The number of benzene rings is 3. The Morgan fingerprint density at radius 1 is 0.920 bits per heavy atom. The van der Waals surface area contributed by atoms with E-state index in [1.807, 2.05) is 54.6 Å². The van der Waals surface area contributed by atoms with Crippen molar-refractivity contribution in [2.75, 3.05) is 7.11 Å². The molecule has 3 aromatic carbocycles. The zero-order chi connectivity index (χ0) is 16.5. The van der Waals surface area contributed by atoms with Gasteiger partial charge in [0.05, 0.1) is 12.7 Å². The van der Waals surface area contributed by atoms with E-state index in [0.717, 1.165) is 22.5 Å². The molecular formula is C20H16LiN2O2+. The molecule has 0 saturated heterocycles. The topological polar surface area (TPSA) is 51.4 Å². The molecule has 1 heterocycles. The number of hydrogen-bond acceptors (Lipinski definition) is 2. The molecule has 0 atom stereocenters. The third-order valence-electron chi connectivity index (χ3n) is 4.08. The Labute approximate surface area is 157 Å². The molecule has 0 aliphatic heterocycles. The van der Waals surface area contributed by atoms with E-state index in [1.165, 1.54) is 6.07 Å². The minimum absolute atomic E-state index is 0. The fourth-order valence-electron chi connectivity index (χ4n) is 2.93. The van der Waals surface area contributed by atoms with Gasteiger partial charge in [0, 0.05) is 0 Å². The number of rotatable bonds is 3. The average Bonchev–Trinajstić information content (AvgIpc) is 3.02. The number of hydrogen-bond donors (Lipinski definition) is 0. The Morgan fingerprint density at radius 3 is 2.40 bits per heavy atom. The summed E-state index contributed by atoms with van der Waals surface area (Å²) in [5, 5.41) is 12.5. The van der Waals surface area contributed by atoms with Gasteiger partial charge in [0.15, 0.2) is 11.0 Å². The third-order valence-corrected chi connectivity index (χ3v) is 4.08. The molecule has 0 amide bonds. The normalized spacial score (nSPS) is 10.4.